The van der Waals surface area contributed by atoms with Crippen molar-refractivity contribution in [1.82, 2.24) is 25.5 Å². The number of rotatable bonds is 7. The lowest BCUT2D eigenvalue weighted by Gasteiger charge is -2.36. The number of carbonyl (C=O) groups excluding carboxylic acids is 1. The zero-order valence-corrected chi connectivity index (χ0v) is 21.8. The Kier molecular flexibility index (Phi) is 11.9. The van der Waals surface area contributed by atoms with Crippen molar-refractivity contribution in [1.29, 1.82) is 0 Å². The number of amides is 1. The third-order valence-electron chi connectivity index (χ3n) is 4.57. The van der Waals surface area contributed by atoms with E-state index in [-0.39, 0.29) is 30.0 Å². The fraction of sp³-hybridized carbons (Fsp3) is 0.714. The van der Waals surface area contributed by atoms with Crippen LogP contribution in [0, 0.1) is 0 Å². The molecule has 2 rings (SSSR count). The second-order valence-corrected chi connectivity index (χ2v) is 8.35. The van der Waals surface area contributed by atoms with Crippen LogP contribution in [-0.2, 0) is 4.74 Å². The first-order valence-electron chi connectivity index (χ1n) is 10.9. The molecule has 1 aliphatic heterocycles. The molecule has 1 fully saturated rings. The highest BCUT2D eigenvalue weighted by atomic mass is 127. The average Bonchev–Trinajstić information content (AvgIpc) is 2.70. The monoisotopic (exact) mass is 547 g/mol. The Morgan fingerprint density at radius 2 is 1.84 bits per heavy atom. The van der Waals surface area contributed by atoms with Crippen molar-refractivity contribution in [2.45, 2.75) is 59.1 Å². The summed E-state index contributed by atoms with van der Waals surface area (Å²) in [4.78, 5) is 30.1. The number of halogens is 1. The van der Waals surface area contributed by atoms with Gasteiger partial charge in [0.05, 0.1) is 12.6 Å². The minimum Gasteiger partial charge on any atom is -0.444 e. The van der Waals surface area contributed by atoms with E-state index in [4.69, 9.17) is 9.73 Å². The molecule has 1 aromatic heterocycles. The maximum atomic E-state index is 12.2. The van der Waals surface area contributed by atoms with Crippen molar-refractivity contribution in [2.75, 3.05) is 44.2 Å². The summed E-state index contributed by atoms with van der Waals surface area (Å²) in [5.41, 5.74) is -0.513. The van der Waals surface area contributed by atoms with Gasteiger partial charge in [0.1, 0.15) is 5.60 Å². The quantitative estimate of drug-likeness (QED) is 0.308. The number of carbonyl (C=O) groups is 1. The van der Waals surface area contributed by atoms with Crippen LogP contribution < -0.4 is 15.5 Å². The summed E-state index contributed by atoms with van der Waals surface area (Å²) in [6.07, 6.45) is 4.96. The maximum Gasteiger partial charge on any atom is 0.407 e. The van der Waals surface area contributed by atoms with Crippen LogP contribution in [0.5, 0.6) is 0 Å². The number of hydrogen-bond donors (Lipinski definition) is 2. The summed E-state index contributed by atoms with van der Waals surface area (Å²) in [5.74, 6) is 1.64. The minimum atomic E-state index is -0.513. The third kappa shape index (κ3) is 9.88. The zero-order chi connectivity index (χ0) is 22.0. The number of guanidine groups is 1. The van der Waals surface area contributed by atoms with Crippen LogP contribution >= 0.6 is 24.0 Å². The third-order valence-corrected chi connectivity index (χ3v) is 4.57. The fourth-order valence-corrected chi connectivity index (χ4v) is 3.23. The van der Waals surface area contributed by atoms with Crippen molar-refractivity contribution in [3.8, 4) is 0 Å². The summed E-state index contributed by atoms with van der Waals surface area (Å²) in [7, 11) is 0. The Morgan fingerprint density at radius 1 is 1.19 bits per heavy atom. The van der Waals surface area contributed by atoms with E-state index in [0.29, 0.717) is 6.54 Å². The maximum absolute atomic E-state index is 12.2. The Balaban J connectivity index is 0.00000480. The van der Waals surface area contributed by atoms with Crippen molar-refractivity contribution in [3.05, 3.63) is 18.5 Å². The molecule has 0 aliphatic carbocycles. The van der Waals surface area contributed by atoms with Crippen LogP contribution in [0.15, 0.2) is 23.5 Å². The first kappa shape index (κ1) is 27.2. The smallest absolute Gasteiger partial charge is 0.407 e. The fourth-order valence-electron chi connectivity index (χ4n) is 3.23. The van der Waals surface area contributed by atoms with Gasteiger partial charge in [0.2, 0.25) is 5.95 Å². The summed E-state index contributed by atoms with van der Waals surface area (Å²) in [6, 6.07) is 1.77. The lowest BCUT2D eigenvalue weighted by molar-refractivity contribution is 0.0503. The van der Waals surface area contributed by atoms with Gasteiger partial charge in [-0.05, 0) is 40.2 Å². The molecule has 0 radical (unpaired) electrons. The molecule has 1 atom stereocenters. The lowest BCUT2D eigenvalue weighted by Crippen LogP contribution is -2.53. The topological polar surface area (TPSA) is 95.0 Å². The number of aliphatic imine (C=N–C) groups is 1. The average molecular weight is 547 g/mol. The van der Waals surface area contributed by atoms with Gasteiger partial charge in [-0.25, -0.2) is 14.8 Å². The van der Waals surface area contributed by atoms with E-state index < -0.39 is 11.7 Å². The highest BCUT2D eigenvalue weighted by molar-refractivity contribution is 14.0. The van der Waals surface area contributed by atoms with E-state index in [9.17, 15) is 4.79 Å². The van der Waals surface area contributed by atoms with Crippen LogP contribution in [0.25, 0.3) is 0 Å². The molecule has 1 saturated heterocycles. The van der Waals surface area contributed by atoms with Gasteiger partial charge in [0.25, 0.3) is 0 Å². The van der Waals surface area contributed by atoms with Crippen LogP contribution in [0.2, 0.25) is 0 Å². The van der Waals surface area contributed by atoms with Gasteiger partial charge in [0.15, 0.2) is 5.96 Å². The van der Waals surface area contributed by atoms with Crippen LogP contribution in [0.4, 0.5) is 10.7 Å². The standard InChI is InChI=1S/C21H37N7O2.HI/c1-6-9-17(26-20(29)30-21(3,4)5)16-25-18(22-7-2)27-12-14-28(15-13-27)19-23-10-8-11-24-19;/h8,10-11,17H,6-7,9,12-16H2,1-5H3,(H,22,25)(H,26,29);1H. The minimum absolute atomic E-state index is 0. The molecule has 1 aromatic rings. The molecule has 0 spiro atoms. The second-order valence-electron chi connectivity index (χ2n) is 8.35. The molecule has 31 heavy (non-hydrogen) atoms. The predicted molar refractivity (Wildman–Crippen MR) is 135 cm³/mol. The molecular weight excluding hydrogens is 509 g/mol. The second kappa shape index (κ2) is 13.5. The van der Waals surface area contributed by atoms with Gasteiger partial charge in [-0.15, -0.1) is 24.0 Å². The summed E-state index contributed by atoms with van der Waals surface area (Å²) in [5, 5.41) is 6.34. The Morgan fingerprint density at radius 3 is 2.39 bits per heavy atom. The number of hydrogen-bond acceptors (Lipinski definition) is 6. The van der Waals surface area contributed by atoms with Crippen LogP contribution in [0.1, 0.15) is 47.5 Å². The molecule has 0 bridgehead atoms. The predicted octanol–water partition coefficient (Wildman–Crippen LogP) is 2.88. The first-order chi connectivity index (χ1) is 14.3. The number of alkyl carbamates (subject to hydrolysis) is 1. The zero-order valence-electron chi connectivity index (χ0n) is 19.4. The molecule has 176 valence electrons. The molecular formula is C21H38IN7O2. The van der Waals surface area contributed by atoms with Gasteiger partial charge in [-0.1, -0.05) is 13.3 Å². The van der Waals surface area contributed by atoms with Crippen LogP contribution in [0.3, 0.4) is 0 Å². The lowest BCUT2D eigenvalue weighted by atomic mass is 10.1. The molecule has 2 N–H and O–H groups in total. The van der Waals surface area contributed by atoms with Crippen molar-refractivity contribution in [2.24, 2.45) is 4.99 Å². The van der Waals surface area contributed by atoms with Gasteiger partial charge in [-0.3, -0.25) is 4.99 Å². The molecule has 9 nitrogen and oxygen atoms in total. The molecule has 1 aliphatic rings. The normalized spacial score (nSPS) is 15.7. The van der Waals surface area contributed by atoms with E-state index in [0.717, 1.165) is 57.5 Å². The summed E-state index contributed by atoms with van der Waals surface area (Å²) < 4.78 is 5.40. The Labute approximate surface area is 203 Å². The largest absolute Gasteiger partial charge is 0.444 e. The van der Waals surface area contributed by atoms with E-state index in [2.05, 4.69) is 44.2 Å². The molecule has 2 heterocycles. The van der Waals surface area contributed by atoms with Gasteiger partial charge in [0, 0.05) is 45.1 Å². The number of ether oxygens (including phenoxy) is 1. The molecule has 0 saturated carbocycles. The van der Waals surface area contributed by atoms with Crippen molar-refractivity contribution < 1.29 is 9.53 Å². The van der Waals surface area contributed by atoms with E-state index >= 15 is 0 Å². The first-order valence-corrected chi connectivity index (χ1v) is 10.9. The summed E-state index contributed by atoms with van der Waals surface area (Å²) >= 11 is 0. The van der Waals surface area contributed by atoms with E-state index in [1.807, 2.05) is 26.8 Å². The van der Waals surface area contributed by atoms with Gasteiger partial charge in [-0.2, -0.15) is 0 Å². The van der Waals surface area contributed by atoms with Gasteiger partial charge < -0.3 is 25.2 Å². The number of anilines is 1. The Bertz CT molecular complexity index is 674. The molecule has 1 amide bonds. The van der Waals surface area contributed by atoms with Crippen LogP contribution in [-0.4, -0.2) is 77.8 Å². The highest BCUT2D eigenvalue weighted by Gasteiger charge is 2.22. The van der Waals surface area contributed by atoms with Crippen molar-refractivity contribution in [3.63, 3.8) is 0 Å². The molecule has 1 unspecified atom stereocenters. The molecule has 10 heteroatoms. The number of piperazine rings is 1. The number of nitrogens with one attached hydrogen (secondary N) is 2. The SMILES string of the molecule is CCCC(CN=C(NCC)N1CCN(c2ncccn2)CC1)NC(=O)OC(C)(C)C.I. The van der Waals surface area contributed by atoms with E-state index in [1.165, 1.54) is 0 Å². The molecule has 0 aromatic carbocycles. The number of aromatic nitrogens is 2. The summed E-state index contributed by atoms with van der Waals surface area (Å²) in [6.45, 7) is 14.4. The number of nitrogens with zero attached hydrogens (tertiary/aromatic N) is 5. The van der Waals surface area contributed by atoms with E-state index in [1.54, 1.807) is 12.4 Å². The highest BCUT2D eigenvalue weighted by Crippen LogP contribution is 2.11. The van der Waals surface area contributed by atoms with Gasteiger partial charge >= 0.3 is 6.09 Å². The Hall–Kier alpha value is -1.85. The van der Waals surface area contributed by atoms with Crippen molar-refractivity contribution >= 4 is 42.0 Å².